The predicted molar refractivity (Wildman–Crippen MR) is 97.6 cm³/mol. The molecule has 1 atom stereocenters. The summed E-state index contributed by atoms with van der Waals surface area (Å²) < 4.78 is 1.97. The number of benzene rings is 1. The van der Waals surface area contributed by atoms with Gasteiger partial charge in [0, 0.05) is 24.3 Å². The Morgan fingerprint density at radius 3 is 2.75 bits per heavy atom. The molecule has 3 rings (SSSR count). The number of carbonyl (C=O) groups is 1. The van der Waals surface area contributed by atoms with Crippen molar-refractivity contribution in [2.75, 3.05) is 19.6 Å². The minimum Gasteiger partial charge on any atom is -0.338 e. The third kappa shape index (κ3) is 3.97. The lowest BCUT2D eigenvalue weighted by atomic mass is 10.1. The van der Waals surface area contributed by atoms with E-state index in [0.717, 1.165) is 42.0 Å². The average molecular weight is 349 g/mol. The zero-order valence-corrected chi connectivity index (χ0v) is 15.1. The molecule has 1 amide bonds. The van der Waals surface area contributed by atoms with E-state index in [4.69, 9.17) is 5.73 Å². The van der Waals surface area contributed by atoms with Crippen molar-refractivity contribution in [3.8, 4) is 0 Å². The molecule has 0 saturated carbocycles. The van der Waals surface area contributed by atoms with Gasteiger partial charge in [-0.25, -0.2) is 0 Å². The van der Waals surface area contributed by atoms with Gasteiger partial charge in [-0.2, -0.15) is 5.10 Å². The van der Waals surface area contributed by atoms with E-state index in [2.05, 4.69) is 11.2 Å². The molecular formula is C18H25ClN4O. The molecule has 1 aromatic carbocycles. The summed E-state index contributed by atoms with van der Waals surface area (Å²) in [7, 11) is 0. The van der Waals surface area contributed by atoms with Gasteiger partial charge >= 0.3 is 0 Å². The number of nitrogens with zero attached hydrogens (tertiary/aromatic N) is 3. The molecule has 2 N–H and O–H groups in total. The van der Waals surface area contributed by atoms with Gasteiger partial charge in [-0.15, -0.1) is 12.4 Å². The first-order chi connectivity index (χ1) is 11.1. The molecule has 1 aromatic heterocycles. The molecule has 1 unspecified atom stereocenters. The van der Waals surface area contributed by atoms with Gasteiger partial charge in [0.25, 0.3) is 5.91 Å². The summed E-state index contributed by atoms with van der Waals surface area (Å²) in [5, 5.41) is 4.49. The van der Waals surface area contributed by atoms with Crippen LogP contribution in [0.15, 0.2) is 30.3 Å². The average Bonchev–Trinajstić information content (AvgIpc) is 3.14. The van der Waals surface area contributed by atoms with Crippen molar-refractivity contribution in [1.82, 2.24) is 14.7 Å². The van der Waals surface area contributed by atoms with Crippen molar-refractivity contribution in [3.05, 3.63) is 52.8 Å². The Kier molecular flexibility index (Phi) is 6.02. The van der Waals surface area contributed by atoms with E-state index < -0.39 is 0 Å². The van der Waals surface area contributed by atoms with Crippen LogP contribution in [0.3, 0.4) is 0 Å². The molecule has 1 fully saturated rings. The van der Waals surface area contributed by atoms with Gasteiger partial charge in [-0.1, -0.05) is 12.1 Å². The predicted octanol–water partition coefficient (Wildman–Crippen LogP) is 2.39. The third-order valence-electron chi connectivity index (χ3n) is 4.52. The van der Waals surface area contributed by atoms with Crippen molar-refractivity contribution in [2.24, 2.45) is 11.7 Å². The monoisotopic (exact) mass is 348 g/mol. The van der Waals surface area contributed by atoms with Crippen molar-refractivity contribution in [2.45, 2.75) is 26.8 Å². The minimum absolute atomic E-state index is 0. The minimum atomic E-state index is 0. The van der Waals surface area contributed by atoms with Crippen LogP contribution in [0.1, 0.15) is 33.7 Å². The van der Waals surface area contributed by atoms with Crippen LogP contribution >= 0.6 is 12.4 Å². The Morgan fingerprint density at radius 2 is 2.12 bits per heavy atom. The van der Waals surface area contributed by atoms with Crippen molar-refractivity contribution < 1.29 is 4.79 Å². The van der Waals surface area contributed by atoms with Gasteiger partial charge in [0.1, 0.15) is 0 Å². The molecule has 130 valence electrons. The summed E-state index contributed by atoms with van der Waals surface area (Å²) in [6, 6.07) is 9.92. The third-order valence-corrected chi connectivity index (χ3v) is 4.52. The highest BCUT2D eigenvalue weighted by Gasteiger charge is 2.26. The molecule has 1 saturated heterocycles. The van der Waals surface area contributed by atoms with E-state index in [9.17, 15) is 4.79 Å². The summed E-state index contributed by atoms with van der Waals surface area (Å²) in [5.74, 6) is 0.549. The highest BCUT2D eigenvalue weighted by Crippen LogP contribution is 2.18. The zero-order chi connectivity index (χ0) is 16.4. The van der Waals surface area contributed by atoms with Crippen LogP contribution in [-0.2, 0) is 6.54 Å². The van der Waals surface area contributed by atoms with Gasteiger partial charge < -0.3 is 10.6 Å². The molecule has 24 heavy (non-hydrogen) atoms. The Hall–Kier alpha value is -1.85. The van der Waals surface area contributed by atoms with Crippen LogP contribution in [0.25, 0.3) is 0 Å². The van der Waals surface area contributed by atoms with Crippen LogP contribution in [0, 0.1) is 19.8 Å². The maximum atomic E-state index is 12.6. The number of halogens is 1. The first-order valence-corrected chi connectivity index (χ1v) is 8.16. The van der Waals surface area contributed by atoms with E-state index >= 15 is 0 Å². The topological polar surface area (TPSA) is 64.2 Å². The second-order valence-electron chi connectivity index (χ2n) is 6.43. The first-order valence-electron chi connectivity index (χ1n) is 8.16. The molecule has 6 heteroatoms. The van der Waals surface area contributed by atoms with Crippen LogP contribution < -0.4 is 5.73 Å². The lowest BCUT2D eigenvalue weighted by Crippen LogP contribution is -2.29. The molecule has 5 nitrogen and oxygen atoms in total. The number of likely N-dealkylation sites (tertiary alicyclic amines) is 1. The number of carbonyl (C=O) groups excluding carboxylic acids is 1. The number of hydrogen-bond donors (Lipinski definition) is 1. The van der Waals surface area contributed by atoms with Gasteiger partial charge in [-0.3, -0.25) is 9.48 Å². The highest BCUT2D eigenvalue weighted by molar-refractivity contribution is 5.94. The van der Waals surface area contributed by atoms with Crippen LogP contribution in [0.2, 0.25) is 0 Å². The second kappa shape index (κ2) is 7.81. The fourth-order valence-corrected chi connectivity index (χ4v) is 3.20. The van der Waals surface area contributed by atoms with Crippen LogP contribution in [0.4, 0.5) is 0 Å². The van der Waals surface area contributed by atoms with Gasteiger partial charge in [0.05, 0.1) is 12.2 Å². The van der Waals surface area contributed by atoms with Crippen molar-refractivity contribution >= 4 is 18.3 Å². The number of nitrogens with two attached hydrogens (primary N) is 1. The largest absolute Gasteiger partial charge is 0.338 e. The van der Waals surface area contributed by atoms with E-state index in [1.54, 1.807) is 0 Å². The maximum absolute atomic E-state index is 12.6. The first kappa shape index (κ1) is 18.5. The SMILES string of the molecule is Cc1cc(C)n(Cc2cccc(C(=O)N3CCC(CN)C3)c2)n1.Cl. The Morgan fingerprint density at radius 1 is 1.33 bits per heavy atom. The summed E-state index contributed by atoms with van der Waals surface area (Å²) >= 11 is 0. The summed E-state index contributed by atoms with van der Waals surface area (Å²) in [5.41, 5.74) is 9.70. The van der Waals surface area contributed by atoms with Gasteiger partial charge in [0.15, 0.2) is 0 Å². The van der Waals surface area contributed by atoms with Crippen LogP contribution in [-0.4, -0.2) is 40.2 Å². The zero-order valence-electron chi connectivity index (χ0n) is 14.2. The number of rotatable bonds is 4. The smallest absolute Gasteiger partial charge is 0.253 e. The quantitative estimate of drug-likeness (QED) is 0.922. The molecule has 1 aliphatic heterocycles. The second-order valence-corrected chi connectivity index (χ2v) is 6.43. The Balaban J connectivity index is 0.00000208. The van der Waals surface area contributed by atoms with E-state index in [0.29, 0.717) is 19.0 Å². The molecule has 2 aromatic rings. The number of aryl methyl sites for hydroxylation is 2. The van der Waals surface area contributed by atoms with E-state index in [1.165, 1.54) is 0 Å². The molecule has 0 radical (unpaired) electrons. The fourth-order valence-electron chi connectivity index (χ4n) is 3.20. The van der Waals surface area contributed by atoms with Gasteiger partial charge in [-0.05, 0) is 56.5 Å². The lowest BCUT2D eigenvalue weighted by molar-refractivity contribution is 0.0787. The van der Waals surface area contributed by atoms with Crippen molar-refractivity contribution in [1.29, 1.82) is 0 Å². The van der Waals surface area contributed by atoms with Crippen LogP contribution in [0.5, 0.6) is 0 Å². The fraction of sp³-hybridized carbons (Fsp3) is 0.444. The summed E-state index contributed by atoms with van der Waals surface area (Å²) in [6.45, 7) is 6.96. The number of hydrogen-bond acceptors (Lipinski definition) is 3. The van der Waals surface area contributed by atoms with E-state index in [1.807, 2.05) is 47.7 Å². The maximum Gasteiger partial charge on any atom is 0.253 e. The molecule has 0 aliphatic carbocycles. The summed E-state index contributed by atoms with van der Waals surface area (Å²) in [6.07, 6.45) is 1.01. The Bertz CT molecular complexity index is 713. The molecule has 1 aliphatic rings. The normalized spacial score (nSPS) is 17.0. The van der Waals surface area contributed by atoms with E-state index in [-0.39, 0.29) is 18.3 Å². The number of aromatic nitrogens is 2. The molecule has 2 heterocycles. The highest BCUT2D eigenvalue weighted by atomic mass is 35.5. The molecule has 0 bridgehead atoms. The number of amides is 1. The molecule has 0 spiro atoms. The Labute approximate surface area is 149 Å². The summed E-state index contributed by atoms with van der Waals surface area (Å²) in [4.78, 5) is 14.6. The van der Waals surface area contributed by atoms with Crippen molar-refractivity contribution in [3.63, 3.8) is 0 Å². The lowest BCUT2D eigenvalue weighted by Gasteiger charge is -2.17. The molecular weight excluding hydrogens is 324 g/mol. The van der Waals surface area contributed by atoms with Gasteiger partial charge in [0.2, 0.25) is 0 Å². The standard InChI is InChI=1S/C18H24N4O.ClH/c1-13-8-14(2)22(20-13)12-15-4-3-5-17(9-15)18(23)21-7-6-16(10-19)11-21;/h3-5,8-9,16H,6-7,10-12,19H2,1-2H3;1H.